The minimum atomic E-state index is -0.165. The highest BCUT2D eigenvalue weighted by Gasteiger charge is 2.25. The third-order valence-electron chi connectivity index (χ3n) is 6.30. The van der Waals surface area contributed by atoms with Crippen molar-refractivity contribution in [1.82, 2.24) is 9.55 Å². The van der Waals surface area contributed by atoms with Crippen molar-refractivity contribution in [2.45, 2.75) is 62.8 Å². The first kappa shape index (κ1) is 23.1. The number of thiophene rings is 1. The molecule has 0 saturated carbocycles. The second kappa shape index (κ2) is 10.3. The number of anilines is 1. The van der Waals surface area contributed by atoms with Gasteiger partial charge in [0.2, 0.25) is 5.91 Å². The Bertz CT molecular complexity index is 1300. The van der Waals surface area contributed by atoms with Gasteiger partial charge in [-0.05, 0) is 61.8 Å². The van der Waals surface area contributed by atoms with Crippen molar-refractivity contribution in [1.29, 1.82) is 5.26 Å². The number of rotatable bonds is 7. The maximum Gasteiger partial charge on any atom is 0.263 e. The highest BCUT2D eigenvalue weighted by molar-refractivity contribution is 7.99. The minimum absolute atomic E-state index is 0.00381. The van der Waals surface area contributed by atoms with Crippen molar-refractivity contribution >= 4 is 44.9 Å². The number of thioether (sulfide) groups is 1. The van der Waals surface area contributed by atoms with Gasteiger partial charge in [-0.15, -0.1) is 11.3 Å². The summed E-state index contributed by atoms with van der Waals surface area (Å²) in [4.78, 5) is 33.2. The second-order valence-electron chi connectivity index (χ2n) is 8.70. The Hall–Kier alpha value is -2.67. The molecule has 176 valence electrons. The van der Waals surface area contributed by atoms with Crippen LogP contribution in [0.5, 0.6) is 0 Å². The highest BCUT2D eigenvalue weighted by atomic mass is 32.2. The van der Waals surface area contributed by atoms with Gasteiger partial charge in [-0.2, -0.15) is 5.26 Å². The van der Waals surface area contributed by atoms with E-state index in [4.69, 9.17) is 15.0 Å². The number of aromatic nitrogens is 2. The number of nitrogens with one attached hydrogen (secondary N) is 1. The summed E-state index contributed by atoms with van der Waals surface area (Å²) in [7, 11) is 0. The van der Waals surface area contributed by atoms with Gasteiger partial charge in [-0.1, -0.05) is 23.9 Å². The van der Waals surface area contributed by atoms with Crippen molar-refractivity contribution in [2.24, 2.45) is 0 Å². The number of nitrogens with zero attached hydrogens (tertiary/aromatic N) is 3. The molecule has 7 nitrogen and oxygen atoms in total. The van der Waals surface area contributed by atoms with Crippen LogP contribution in [0.4, 0.5) is 5.69 Å². The van der Waals surface area contributed by atoms with E-state index >= 15 is 0 Å². The van der Waals surface area contributed by atoms with Crippen LogP contribution in [0.25, 0.3) is 10.2 Å². The largest absolute Gasteiger partial charge is 0.376 e. The first-order valence-electron chi connectivity index (χ1n) is 11.7. The number of fused-ring (bicyclic) bond motifs is 3. The monoisotopic (exact) mass is 494 g/mol. The lowest BCUT2D eigenvalue weighted by Crippen LogP contribution is -2.29. The van der Waals surface area contributed by atoms with E-state index < -0.39 is 0 Å². The Morgan fingerprint density at radius 1 is 1.26 bits per heavy atom. The summed E-state index contributed by atoms with van der Waals surface area (Å²) in [6, 6.07) is 9.37. The summed E-state index contributed by atoms with van der Waals surface area (Å²) < 4.78 is 7.54. The van der Waals surface area contributed by atoms with Crippen LogP contribution in [0.2, 0.25) is 0 Å². The Morgan fingerprint density at radius 3 is 2.85 bits per heavy atom. The Balaban J connectivity index is 1.38. The van der Waals surface area contributed by atoms with E-state index in [0.29, 0.717) is 23.8 Å². The molecule has 1 N–H and O–H groups in total. The van der Waals surface area contributed by atoms with Gasteiger partial charge in [-0.25, -0.2) is 4.98 Å². The zero-order valence-corrected chi connectivity index (χ0v) is 20.5. The maximum atomic E-state index is 13.6. The Labute approximate surface area is 206 Å². The SMILES string of the molecule is N#CCc1ccc(NC(=O)CSc2nc3sc4c(c3c(=O)n2CC2CCCO2)CCCC4)cc1. The minimum Gasteiger partial charge on any atom is -0.376 e. The molecule has 1 aromatic carbocycles. The van der Waals surface area contributed by atoms with Crippen LogP contribution < -0.4 is 10.9 Å². The van der Waals surface area contributed by atoms with Gasteiger partial charge in [0, 0.05) is 17.2 Å². The van der Waals surface area contributed by atoms with Gasteiger partial charge < -0.3 is 10.1 Å². The molecule has 2 aliphatic rings. The van der Waals surface area contributed by atoms with Gasteiger partial charge >= 0.3 is 0 Å². The van der Waals surface area contributed by atoms with Gasteiger partial charge in [0.05, 0.1) is 36.3 Å². The number of nitriles is 1. The predicted octanol–water partition coefficient (Wildman–Crippen LogP) is 4.31. The number of hydrogen-bond acceptors (Lipinski definition) is 7. The fourth-order valence-corrected chi connectivity index (χ4v) is 6.72. The fraction of sp³-hybridized carbons (Fsp3) is 0.440. The molecule has 1 amide bonds. The number of carbonyl (C=O) groups excluding carboxylic acids is 1. The van der Waals surface area contributed by atoms with Crippen molar-refractivity contribution in [3.63, 3.8) is 0 Å². The molecule has 3 aromatic rings. The van der Waals surface area contributed by atoms with Gasteiger partial charge in [0.25, 0.3) is 5.56 Å². The molecule has 1 saturated heterocycles. The van der Waals surface area contributed by atoms with E-state index in [1.807, 2.05) is 12.1 Å². The van der Waals surface area contributed by atoms with Gasteiger partial charge in [0.15, 0.2) is 5.16 Å². The number of benzene rings is 1. The number of hydrogen-bond donors (Lipinski definition) is 1. The summed E-state index contributed by atoms with van der Waals surface area (Å²) >= 11 is 2.92. The molecule has 5 rings (SSSR count). The van der Waals surface area contributed by atoms with Gasteiger partial charge in [-0.3, -0.25) is 14.2 Å². The number of carbonyl (C=O) groups is 1. The third-order valence-corrected chi connectivity index (χ3v) is 8.47. The first-order chi connectivity index (χ1) is 16.6. The molecular formula is C25H26N4O3S2. The zero-order chi connectivity index (χ0) is 23.5. The summed E-state index contributed by atoms with van der Waals surface area (Å²) in [6.07, 6.45) is 6.49. The third kappa shape index (κ3) is 4.90. The summed E-state index contributed by atoms with van der Waals surface area (Å²) in [6.45, 7) is 1.19. The smallest absolute Gasteiger partial charge is 0.263 e. The Morgan fingerprint density at radius 2 is 2.09 bits per heavy atom. The molecule has 1 unspecified atom stereocenters. The molecule has 1 aliphatic heterocycles. The number of ether oxygens (including phenoxy) is 1. The predicted molar refractivity (Wildman–Crippen MR) is 135 cm³/mol. The lowest BCUT2D eigenvalue weighted by Gasteiger charge is -2.16. The molecule has 0 spiro atoms. The topological polar surface area (TPSA) is 97.0 Å². The lowest BCUT2D eigenvalue weighted by molar-refractivity contribution is -0.113. The highest BCUT2D eigenvalue weighted by Crippen LogP contribution is 2.35. The van der Waals surface area contributed by atoms with Crippen LogP contribution in [-0.4, -0.2) is 33.9 Å². The molecule has 9 heteroatoms. The molecular weight excluding hydrogens is 468 g/mol. The van der Waals surface area contributed by atoms with Crippen molar-refractivity contribution in [2.75, 3.05) is 17.7 Å². The van der Waals surface area contributed by atoms with Crippen LogP contribution in [0.3, 0.4) is 0 Å². The molecule has 1 atom stereocenters. The van der Waals surface area contributed by atoms with Crippen LogP contribution in [0.1, 0.15) is 41.7 Å². The molecule has 3 heterocycles. The average molecular weight is 495 g/mol. The Kier molecular flexibility index (Phi) is 6.99. The van der Waals surface area contributed by atoms with Crippen LogP contribution in [0, 0.1) is 11.3 Å². The number of aryl methyl sites for hydroxylation is 2. The molecule has 2 aromatic heterocycles. The average Bonchev–Trinajstić information content (AvgIpc) is 3.49. The fourth-order valence-electron chi connectivity index (χ4n) is 4.61. The lowest BCUT2D eigenvalue weighted by atomic mass is 9.97. The van der Waals surface area contributed by atoms with Crippen molar-refractivity contribution in [3.8, 4) is 6.07 Å². The molecule has 0 bridgehead atoms. The quantitative estimate of drug-likeness (QED) is 0.388. The number of amides is 1. The van der Waals surface area contributed by atoms with Crippen LogP contribution >= 0.6 is 23.1 Å². The molecule has 0 radical (unpaired) electrons. The summed E-state index contributed by atoms with van der Waals surface area (Å²) in [5.74, 6) is -0.0179. The normalized spacial score (nSPS) is 17.4. The zero-order valence-electron chi connectivity index (χ0n) is 18.8. The van der Waals surface area contributed by atoms with Crippen LogP contribution in [-0.2, 0) is 35.3 Å². The van der Waals surface area contributed by atoms with Crippen molar-refractivity contribution < 1.29 is 9.53 Å². The maximum absolute atomic E-state index is 13.6. The van der Waals surface area contributed by atoms with E-state index in [2.05, 4.69) is 11.4 Å². The summed E-state index contributed by atoms with van der Waals surface area (Å²) in [5.41, 5.74) is 2.76. The van der Waals surface area contributed by atoms with Gasteiger partial charge in [0.1, 0.15) is 4.83 Å². The molecule has 34 heavy (non-hydrogen) atoms. The van der Waals surface area contributed by atoms with Crippen LogP contribution in [0.15, 0.2) is 34.2 Å². The van der Waals surface area contributed by atoms with E-state index in [1.54, 1.807) is 28.0 Å². The van der Waals surface area contributed by atoms with E-state index in [-0.39, 0.29) is 23.3 Å². The molecule has 1 aliphatic carbocycles. The van der Waals surface area contributed by atoms with E-state index in [9.17, 15) is 9.59 Å². The standard InChI is InChI=1S/C25H26N4O3S2/c26-12-11-16-7-9-17(10-8-16)27-21(30)15-33-25-28-23-22(19-5-1-2-6-20(19)34-23)24(31)29(25)14-18-4-3-13-32-18/h7-10,18H,1-6,11,13-15H2,(H,27,30). The van der Waals surface area contributed by atoms with Crippen molar-refractivity contribution in [3.05, 3.63) is 50.6 Å². The molecule has 1 fully saturated rings. The van der Waals surface area contributed by atoms with E-state index in [0.717, 1.165) is 60.9 Å². The van der Waals surface area contributed by atoms with E-state index in [1.165, 1.54) is 22.2 Å². The first-order valence-corrected chi connectivity index (χ1v) is 13.5. The summed E-state index contributed by atoms with van der Waals surface area (Å²) in [5, 5.41) is 13.0. The second-order valence-corrected chi connectivity index (χ2v) is 10.7.